The van der Waals surface area contributed by atoms with Gasteiger partial charge in [-0.15, -0.1) is 0 Å². The van der Waals surface area contributed by atoms with Gasteiger partial charge < -0.3 is 14.7 Å². The summed E-state index contributed by atoms with van der Waals surface area (Å²) >= 11 is 0. The van der Waals surface area contributed by atoms with Crippen molar-refractivity contribution in [1.29, 1.82) is 0 Å². The zero-order valence-electron chi connectivity index (χ0n) is 16.5. The number of nitrogens with one attached hydrogen (secondary N) is 1. The van der Waals surface area contributed by atoms with Crippen molar-refractivity contribution < 1.29 is 13.7 Å². The molecule has 7 heteroatoms. The van der Waals surface area contributed by atoms with Gasteiger partial charge >= 0.3 is 6.03 Å². The molecule has 1 saturated heterocycles. The smallest absolute Gasteiger partial charge is 0.321 e. The van der Waals surface area contributed by atoms with Crippen molar-refractivity contribution in [2.75, 3.05) is 18.4 Å². The maximum Gasteiger partial charge on any atom is 0.321 e. The van der Waals surface area contributed by atoms with Crippen LogP contribution in [0.25, 0.3) is 11.4 Å². The molecule has 3 aromatic rings. The lowest BCUT2D eigenvalue weighted by molar-refractivity contribution is 0.184. The highest BCUT2D eigenvalue weighted by atomic mass is 19.1. The molecule has 1 aliphatic rings. The van der Waals surface area contributed by atoms with Crippen LogP contribution in [0.3, 0.4) is 0 Å². The SMILES string of the molecule is Cc1cccc(NC(=O)N2CCCC(c3nc(-c4ccc(F)cc4)no3)C2)c1C. The number of nitrogens with zero attached hydrogens (tertiary/aromatic N) is 3. The maximum absolute atomic E-state index is 13.1. The van der Waals surface area contributed by atoms with Crippen LogP contribution >= 0.6 is 0 Å². The molecule has 150 valence electrons. The number of benzene rings is 2. The number of hydrogen-bond donors (Lipinski definition) is 1. The van der Waals surface area contributed by atoms with Crippen LogP contribution in [0.2, 0.25) is 0 Å². The normalized spacial score (nSPS) is 16.7. The highest BCUT2D eigenvalue weighted by molar-refractivity contribution is 5.90. The predicted molar refractivity (Wildman–Crippen MR) is 108 cm³/mol. The Morgan fingerprint density at radius 1 is 1.21 bits per heavy atom. The standard InChI is InChI=1S/C22H23FN4O2/c1-14-5-3-7-19(15(14)2)24-22(28)27-12-4-6-17(13-27)21-25-20(26-29-21)16-8-10-18(23)11-9-16/h3,5,7-11,17H,4,6,12-13H2,1-2H3,(H,24,28). The summed E-state index contributed by atoms with van der Waals surface area (Å²) in [5, 5.41) is 7.04. The van der Waals surface area contributed by atoms with Crippen LogP contribution in [0.4, 0.5) is 14.9 Å². The van der Waals surface area contributed by atoms with Crippen molar-refractivity contribution in [2.24, 2.45) is 0 Å². The minimum Gasteiger partial charge on any atom is -0.339 e. The molecule has 1 N–H and O–H groups in total. The average Bonchev–Trinajstić information content (AvgIpc) is 3.22. The first-order valence-electron chi connectivity index (χ1n) is 9.73. The lowest BCUT2D eigenvalue weighted by Crippen LogP contribution is -2.41. The van der Waals surface area contributed by atoms with E-state index in [1.54, 1.807) is 17.0 Å². The van der Waals surface area contributed by atoms with Gasteiger partial charge in [0.25, 0.3) is 0 Å². The molecule has 6 nitrogen and oxygen atoms in total. The number of likely N-dealkylation sites (tertiary alicyclic amines) is 1. The number of hydrogen-bond acceptors (Lipinski definition) is 4. The number of halogens is 1. The molecular formula is C22H23FN4O2. The van der Waals surface area contributed by atoms with E-state index in [1.807, 2.05) is 32.0 Å². The second-order valence-electron chi connectivity index (χ2n) is 7.43. The third-order valence-electron chi connectivity index (χ3n) is 5.45. The van der Waals surface area contributed by atoms with Crippen LogP contribution < -0.4 is 5.32 Å². The number of rotatable bonds is 3. The number of carbonyl (C=O) groups is 1. The van der Waals surface area contributed by atoms with Gasteiger partial charge in [-0.1, -0.05) is 17.3 Å². The summed E-state index contributed by atoms with van der Waals surface area (Å²) in [6.07, 6.45) is 1.73. The largest absolute Gasteiger partial charge is 0.339 e. The number of piperidine rings is 1. The molecule has 1 fully saturated rings. The Bertz CT molecular complexity index is 1020. The Hall–Kier alpha value is -3.22. The van der Waals surface area contributed by atoms with E-state index in [9.17, 15) is 9.18 Å². The van der Waals surface area contributed by atoms with E-state index in [1.165, 1.54) is 12.1 Å². The van der Waals surface area contributed by atoms with Gasteiger partial charge in [0.15, 0.2) is 0 Å². The first-order chi connectivity index (χ1) is 14.0. The summed E-state index contributed by atoms with van der Waals surface area (Å²) < 4.78 is 18.6. The van der Waals surface area contributed by atoms with E-state index in [2.05, 4.69) is 15.5 Å². The van der Waals surface area contributed by atoms with Gasteiger partial charge in [-0.25, -0.2) is 9.18 Å². The number of carbonyl (C=O) groups excluding carboxylic acids is 1. The monoisotopic (exact) mass is 394 g/mol. The van der Waals surface area contributed by atoms with Gasteiger partial charge in [-0.2, -0.15) is 4.98 Å². The summed E-state index contributed by atoms with van der Waals surface area (Å²) in [4.78, 5) is 19.0. The van der Waals surface area contributed by atoms with Gasteiger partial charge in [0.05, 0.1) is 5.92 Å². The highest BCUT2D eigenvalue weighted by Crippen LogP contribution is 2.28. The summed E-state index contributed by atoms with van der Waals surface area (Å²) in [6, 6.07) is 11.7. The maximum atomic E-state index is 13.1. The van der Waals surface area contributed by atoms with E-state index in [0.717, 1.165) is 29.7 Å². The molecule has 1 aromatic heterocycles. The zero-order valence-corrected chi connectivity index (χ0v) is 16.5. The van der Waals surface area contributed by atoms with Gasteiger partial charge in [0.2, 0.25) is 11.7 Å². The molecule has 2 heterocycles. The van der Waals surface area contributed by atoms with Gasteiger partial charge in [-0.3, -0.25) is 0 Å². The van der Waals surface area contributed by atoms with Crippen LogP contribution in [0.15, 0.2) is 47.0 Å². The summed E-state index contributed by atoms with van der Waals surface area (Å²) in [7, 11) is 0. The van der Waals surface area contributed by atoms with E-state index in [-0.39, 0.29) is 17.8 Å². The number of urea groups is 1. The van der Waals surface area contributed by atoms with Gasteiger partial charge in [0, 0.05) is 24.3 Å². The zero-order chi connectivity index (χ0) is 20.4. The number of aryl methyl sites for hydroxylation is 1. The minimum absolute atomic E-state index is 0.0187. The van der Waals surface area contributed by atoms with Gasteiger partial charge in [-0.05, 0) is 68.1 Å². The molecule has 0 aliphatic carbocycles. The molecule has 0 bridgehead atoms. The van der Waals surface area contributed by atoms with Crippen molar-refractivity contribution >= 4 is 11.7 Å². The minimum atomic E-state index is -0.310. The third kappa shape index (κ3) is 4.13. The summed E-state index contributed by atoms with van der Waals surface area (Å²) in [5.74, 6) is 0.607. The fraction of sp³-hybridized carbons (Fsp3) is 0.318. The molecule has 0 radical (unpaired) electrons. The second-order valence-corrected chi connectivity index (χ2v) is 7.43. The molecule has 0 saturated carbocycles. The van der Waals surface area contributed by atoms with Crippen LogP contribution in [0, 0.1) is 19.7 Å². The van der Waals surface area contributed by atoms with Crippen LogP contribution in [-0.2, 0) is 0 Å². The van der Waals surface area contributed by atoms with E-state index < -0.39 is 0 Å². The molecule has 2 amide bonds. The predicted octanol–water partition coefficient (Wildman–Crippen LogP) is 4.90. The Balaban J connectivity index is 1.45. The van der Waals surface area contributed by atoms with Crippen LogP contribution in [0.5, 0.6) is 0 Å². The van der Waals surface area contributed by atoms with E-state index in [0.29, 0.717) is 30.4 Å². The fourth-order valence-corrected chi connectivity index (χ4v) is 3.56. The number of anilines is 1. The first kappa shape index (κ1) is 19.1. The Morgan fingerprint density at radius 2 is 2.00 bits per heavy atom. The molecule has 29 heavy (non-hydrogen) atoms. The summed E-state index contributed by atoms with van der Waals surface area (Å²) in [6.45, 7) is 5.23. The lowest BCUT2D eigenvalue weighted by Gasteiger charge is -2.31. The molecular weight excluding hydrogens is 371 g/mol. The van der Waals surface area contributed by atoms with E-state index in [4.69, 9.17) is 4.52 Å². The van der Waals surface area contributed by atoms with Crippen molar-refractivity contribution in [3.8, 4) is 11.4 Å². The third-order valence-corrected chi connectivity index (χ3v) is 5.45. The van der Waals surface area contributed by atoms with Gasteiger partial charge in [0.1, 0.15) is 5.82 Å². The second kappa shape index (κ2) is 8.03. The number of aromatic nitrogens is 2. The molecule has 2 aromatic carbocycles. The first-order valence-corrected chi connectivity index (χ1v) is 9.73. The van der Waals surface area contributed by atoms with E-state index >= 15 is 0 Å². The van der Waals surface area contributed by atoms with Crippen LogP contribution in [0.1, 0.15) is 35.8 Å². The number of amides is 2. The highest BCUT2D eigenvalue weighted by Gasteiger charge is 2.29. The molecule has 1 aliphatic heterocycles. The van der Waals surface area contributed by atoms with Crippen molar-refractivity contribution in [2.45, 2.75) is 32.6 Å². The topological polar surface area (TPSA) is 71.3 Å². The molecule has 4 rings (SSSR count). The molecule has 0 spiro atoms. The quantitative estimate of drug-likeness (QED) is 0.686. The Morgan fingerprint density at radius 3 is 2.79 bits per heavy atom. The average molecular weight is 394 g/mol. The Labute approximate surface area is 168 Å². The van der Waals surface area contributed by atoms with Crippen LogP contribution in [-0.4, -0.2) is 34.2 Å². The molecule has 1 atom stereocenters. The molecule has 1 unspecified atom stereocenters. The van der Waals surface area contributed by atoms with Crippen molar-refractivity contribution in [3.63, 3.8) is 0 Å². The fourth-order valence-electron chi connectivity index (χ4n) is 3.56. The lowest BCUT2D eigenvalue weighted by atomic mass is 9.98. The van der Waals surface area contributed by atoms with Crippen molar-refractivity contribution in [1.82, 2.24) is 15.0 Å². The summed E-state index contributed by atoms with van der Waals surface area (Å²) in [5.41, 5.74) is 3.73. The van der Waals surface area contributed by atoms with Crippen molar-refractivity contribution in [3.05, 3.63) is 65.3 Å². The Kier molecular flexibility index (Phi) is 5.29.